The van der Waals surface area contributed by atoms with Crippen LogP contribution in [0.4, 0.5) is 5.69 Å². The molecule has 4 rings (SSSR count). The number of hydrogen-bond acceptors (Lipinski definition) is 4. The number of rotatable bonds is 5. The molecule has 1 aromatic carbocycles. The first-order valence-electron chi connectivity index (χ1n) is 7.86. The Morgan fingerprint density at radius 1 is 1.30 bits per heavy atom. The number of guanidine groups is 1. The average molecular weight is 431 g/mol. The molecule has 23 heavy (non-hydrogen) atoms. The molecule has 0 saturated carbocycles. The van der Waals surface area contributed by atoms with Crippen molar-refractivity contribution in [2.75, 3.05) is 51.7 Å². The van der Waals surface area contributed by atoms with Crippen LogP contribution in [0.3, 0.4) is 0 Å². The fourth-order valence-corrected chi connectivity index (χ4v) is 3.20. The van der Waals surface area contributed by atoms with Crippen LogP contribution >= 0.6 is 24.0 Å². The lowest BCUT2D eigenvalue weighted by molar-refractivity contribution is 0.0174. The van der Waals surface area contributed by atoms with Gasteiger partial charge in [-0.25, -0.2) is 0 Å². The minimum Gasteiger partial charge on any atom is -0.380 e. The topological polar surface area (TPSA) is 66.1 Å². The van der Waals surface area contributed by atoms with Gasteiger partial charge in [0.05, 0.1) is 13.2 Å². The second-order valence-electron chi connectivity index (χ2n) is 5.93. The number of fused-ring (bicyclic) bond motifs is 3. The monoisotopic (exact) mass is 431 g/mol. The Kier molecular flexibility index (Phi) is 7.07. The van der Waals surface area contributed by atoms with Crippen molar-refractivity contribution < 1.29 is 4.74 Å². The maximum absolute atomic E-state index is 6.05. The van der Waals surface area contributed by atoms with Crippen molar-refractivity contribution >= 4 is 35.6 Å². The molecule has 3 aliphatic rings. The molecule has 0 amide bonds. The van der Waals surface area contributed by atoms with Gasteiger partial charge in [0.25, 0.3) is 0 Å². The largest absolute Gasteiger partial charge is 0.380 e. The van der Waals surface area contributed by atoms with Crippen molar-refractivity contribution in [3.63, 3.8) is 0 Å². The molecule has 0 radical (unpaired) electrons. The van der Waals surface area contributed by atoms with Gasteiger partial charge in [0.2, 0.25) is 0 Å². The zero-order valence-corrected chi connectivity index (χ0v) is 15.9. The number of methoxy groups -OCH3 is 1. The zero-order chi connectivity index (χ0) is 15.4. The molecular weight excluding hydrogens is 405 g/mol. The number of anilines is 1. The van der Waals surface area contributed by atoms with Crippen LogP contribution < -0.4 is 11.1 Å². The second-order valence-corrected chi connectivity index (χ2v) is 5.93. The van der Waals surface area contributed by atoms with E-state index in [4.69, 9.17) is 10.5 Å². The molecule has 3 aliphatic heterocycles. The third kappa shape index (κ3) is 4.79. The van der Waals surface area contributed by atoms with E-state index in [1.165, 1.54) is 13.1 Å². The van der Waals surface area contributed by atoms with Gasteiger partial charge < -0.3 is 15.8 Å². The Bertz CT molecular complexity index is 531. The summed E-state index contributed by atoms with van der Waals surface area (Å²) in [5.41, 5.74) is 8.09. The SMILES string of the molecule is COCc1ccccc1NC(N)=NCC1CN2CCN1CC2.I. The first-order valence-corrected chi connectivity index (χ1v) is 7.86. The highest BCUT2D eigenvalue weighted by atomic mass is 127. The number of piperazine rings is 3. The fraction of sp³-hybridized carbons (Fsp3) is 0.562. The Morgan fingerprint density at radius 2 is 2.04 bits per heavy atom. The van der Waals surface area contributed by atoms with Crippen LogP contribution in [0.1, 0.15) is 5.56 Å². The Morgan fingerprint density at radius 3 is 2.70 bits per heavy atom. The van der Waals surface area contributed by atoms with Crippen molar-refractivity contribution in [3.8, 4) is 0 Å². The van der Waals surface area contributed by atoms with Crippen LogP contribution in [0.5, 0.6) is 0 Å². The van der Waals surface area contributed by atoms with Gasteiger partial charge in [-0.15, -0.1) is 24.0 Å². The predicted molar refractivity (Wildman–Crippen MR) is 104 cm³/mol. The van der Waals surface area contributed by atoms with Gasteiger partial charge in [-0.05, 0) is 6.07 Å². The average Bonchev–Trinajstić information content (AvgIpc) is 2.56. The highest BCUT2D eigenvalue weighted by Crippen LogP contribution is 2.17. The van der Waals surface area contributed by atoms with E-state index in [2.05, 4.69) is 20.1 Å². The Balaban J connectivity index is 0.00000192. The van der Waals surface area contributed by atoms with Gasteiger partial charge in [-0.2, -0.15) is 0 Å². The van der Waals surface area contributed by atoms with Gasteiger partial charge in [0.1, 0.15) is 0 Å². The number of halogens is 1. The summed E-state index contributed by atoms with van der Waals surface area (Å²) in [5, 5.41) is 3.19. The summed E-state index contributed by atoms with van der Waals surface area (Å²) in [4.78, 5) is 9.57. The van der Waals surface area contributed by atoms with Crippen LogP contribution in [0, 0.1) is 0 Å². The van der Waals surface area contributed by atoms with Crippen LogP contribution in [0.15, 0.2) is 29.3 Å². The molecule has 3 fully saturated rings. The molecular formula is C16H26IN5O. The van der Waals surface area contributed by atoms with Crippen molar-refractivity contribution in [2.24, 2.45) is 10.7 Å². The van der Waals surface area contributed by atoms with Gasteiger partial charge in [-0.3, -0.25) is 14.8 Å². The molecule has 0 spiro atoms. The molecule has 3 N–H and O–H groups in total. The number of hydrogen-bond donors (Lipinski definition) is 2. The van der Waals surface area contributed by atoms with E-state index in [0.29, 0.717) is 18.6 Å². The minimum absolute atomic E-state index is 0. The van der Waals surface area contributed by atoms with Crippen molar-refractivity contribution in [1.82, 2.24) is 9.80 Å². The van der Waals surface area contributed by atoms with E-state index in [0.717, 1.165) is 37.4 Å². The number of ether oxygens (including phenoxy) is 1. The smallest absolute Gasteiger partial charge is 0.193 e. The fourth-order valence-electron chi connectivity index (χ4n) is 3.20. The van der Waals surface area contributed by atoms with E-state index < -0.39 is 0 Å². The number of nitrogens with two attached hydrogens (primary N) is 1. The highest BCUT2D eigenvalue weighted by Gasteiger charge is 2.31. The maximum Gasteiger partial charge on any atom is 0.193 e. The maximum atomic E-state index is 6.05. The van der Waals surface area contributed by atoms with Crippen molar-refractivity contribution in [2.45, 2.75) is 12.6 Å². The predicted octanol–water partition coefficient (Wildman–Crippen LogP) is 1.18. The van der Waals surface area contributed by atoms with E-state index in [1.54, 1.807) is 7.11 Å². The molecule has 7 heteroatoms. The summed E-state index contributed by atoms with van der Waals surface area (Å²) >= 11 is 0. The van der Waals surface area contributed by atoms with Gasteiger partial charge in [-0.1, -0.05) is 18.2 Å². The van der Waals surface area contributed by atoms with E-state index >= 15 is 0 Å². The molecule has 3 heterocycles. The van der Waals surface area contributed by atoms with Crippen LogP contribution in [0.2, 0.25) is 0 Å². The lowest BCUT2D eigenvalue weighted by atomic mass is 10.1. The summed E-state index contributed by atoms with van der Waals surface area (Å²) in [6.45, 7) is 7.12. The van der Waals surface area contributed by atoms with Gasteiger partial charge in [0.15, 0.2) is 5.96 Å². The standard InChI is InChI=1S/C16H25N5O.HI/c1-22-12-13-4-2-3-5-15(13)19-16(17)18-10-14-11-20-6-8-21(14)9-7-20;/h2-5,14H,6-12H2,1H3,(H3,17,18,19);1H. The van der Waals surface area contributed by atoms with Crippen LogP contribution in [-0.2, 0) is 11.3 Å². The van der Waals surface area contributed by atoms with Crippen molar-refractivity contribution in [3.05, 3.63) is 29.8 Å². The summed E-state index contributed by atoms with van der Waals surface area (Å²) in [6.07, 6.45) is 0. The zero-order valence-electron chi connectivity index (χ0n) is 13.6. The first kappa shape index (κ1) is 18.4. The number of aliphatic imine (C=N–C) groups is 1. The Labute approximate surface area is 155 Å². The molecule has 1 atom stereocenters. The Hall–Kier alpha value is -0.900. The normalized spacial score (nSPS) is 26.7. The summed E-state index contributed by atoms with van der Waals surface area (Å²) < 4.78 is 5.21. The van der Waals surface area contributed by atoms with Crippen LogP contribution in [0.25, 0.3) is 0 Å². The van der Waals surface area contributed by atoms with Crippen LogP contribution in [-0.4, -0.2) is 68.2 Å². The third-order valence-electron chi connectivity index (χ3n) is 4.44. The lowest BCUT2D eigenvalue weighted by Gasteiger charge is -2.47. The molecule has 1 aromatic rings. The molecule has 1 unspecified atom stereocenters. The molecule has 128 valence electrons. The van der Waals surface area contributed by atoms with Gasteiger partial charge in [0, 0.05) is 57.1 Å². The van der Waals surface area contributed by atoms with E-state index in [9.17, 15) is 0 Å². The van der Waals surface area contributed by atoms with E-state index in [1.807, 2.05) is 24.3 Å². The lowest BCUT2D eigenvalue weighted by Crippen LogP contribution is -2.61. The molecule has 0 aliphatic carbocycles. The molecule has 6 nitrogen and oxygen atoms in total. The summed E-state index contributed by atoms with van der Waals surface area (Å²) in [6, 6.07) is 8.49. The van der Waals surface area contributed by atoms with Gasteiger partial charge >= 0.3 is 0 Å². The number of para-hydroxylation sites is 1. The quantitative estimate of drug-likeness (QED) is 0.417. The van der Waals surface area contributed by atoms with Crippen molar-refractivity contribution in [1.29, 1.82) is 0 Å². The second kappa shape index (κ2) is 8.81. The minimum atomic E-state index is 0. The molecule has 2 bridgehead atoms. The third-order valence-corrected chi connectivity index (χ3v) is 4.44. The molecule has 3 saturated heterocycles. The highest BCUT2D eigenvalue weighted by molar-refractivity contribution is 14.0. The number of nitrogens with zero attached hydrogens (tertiary/aromatic N) is 3. The molecule has 0 aromatic heterocycles. The number of benzene rings is 1. The number of nitrogens with one attached hydrogen (secondary N) is 1. The summed E-state index contributed by atoms with van der Waals surface area (Å²) in [7, 11) is 1.69. The van der Waals surface area contributed by atoms with E-state index in [-0.39, 0.29) is 24.0 Å². The first-order chi connectivity index (χ1) is 10.8. The summed E-state index contributed by atoms with van der Waals surface area (Å²) in [5.74, 6) is 0.473.